The third-order valence-corrected chi connectivity index (χ3v) is 4.23. The van der Waals surface area contributed by atoms with E-state index in [9.17, 15) is 4.39 Å². The summed E-state index contributed by atoms with van der Waals surface area (Å²) in [5, 5.41) is 4.18. The highest BCUT2D eigenvalue weighted by molar-refractivity contribution is 7.99. The van der Waals surface area contributed by atoms with Gasteiger partial charge in [0.25, 0.3) is 0 Å². The summed E-state index contributed by atoms with van der Waals surface area (Å²) in [5.74, 6) is 0.505. The molecule has 0 radical (unpaired) electrons. The van der Waals surface area contributed by atoms with Crippen molar-refractivity contribution in [3.05, 3.63) is 24.1 Å². The second-order valence-corrected chi connectivity index (χ2v) is 5.35. The van der Waals surface area contributed by atoms with E-state index in [0.717, 1.165) is 11.1 Å². The maximum absolute atomic E-state index is 12.7. The molecule has 16 heavy (non-hydrogen) atoms. The lowest BCUT2D eigenvalue weighted by Crippen LogP contribution is -2.27. The van der Waals surface area contributed by atoms with E-state index in [1.54, 1.807) is 6.07 Å². The molecule has 1 N–H and O–H groups in total. The highest BCUT2D eigenvalue weighted by Crippen LogP contribution is 2.28. The Morgan fingerprint density at radius 3 is 2.62 bits per heavy atom. The maximum Gasteiger partial charge on any atom is 0.141 e. The minimum absolute atomic E-state index is 0.281. The topological polar surface area (TPSA) is 24.9 Å². The molecule has 0 aromatic carbocycles. The molecule has 0 atom stereocenters. The number of rotatable bonds is 3. The van der Waals surface area contributed by atoms with Crippen LogP contribution in [0, 0.1) is 5.82 Å². The number of aromatic nitrogens is 1. The summed E-state index contributed by atoms with van der Waals surface area (Å²) in [4.78, 5) is 4.02. The first-order chi connectivity index (χ1) is 7.78. The highest BCUT2D eigenvalue weighted by Gasteiger charge is 2.20. The van der Waals surface area contributed by atoms with Crippen molar-refractivity contribution in [3.63, 3.8) is 0 Å². The van der Waals surface area contributed by atoms with Gasteiger partial charge in [-0.15, -0.1) is 0 Å². The predicted molar refractivity (Wildman–Crippen MR) is 67.4 cm³/mol. The maximum atomic E-state index is 12.7. The van der Waals surface area contributed by atoms with E-state index in [2.05, 4.69) is 16.6 Å². The quantitative estimate of drug-likeness (QED) is 0.877. The van der Waals surface area contributed by atoms with Crippen molar-refractivity contribution in [1.29, 1.82) is 0 Å². The van der Waals surface area contributed by atoms with Gasteiger partial charge < -0.3 is 5.32 Å². The fourth-order valence-corrected chi connectivity index (χ4v) is 2.86. The standard InChI is InChI=1S/C12H17FN2S/c1-16-11-5-3-10(4-6-11)15-12-7-2-9(13)8-14-12/h2,7-8,10-11H,3-6H2,1H3,(H,14,15). The van der Waals surface area contributed by atoms with Crippen LogP contribution in [0.1, 0.15) is 25.7 Å². The number of anilines is 1. The van der Waals surface area contributed by atoms with Crippen LogP contribution in [-0.2, 0) is 0 Å². The van der Waals surface area contributed by atoms with Gasteiger partial charge in [-0.25, -0.2) is 9.37 Å². The second kappa shape index (κ2) is 5.53. The zero-order valence-electron chi connectivity index (χ0n) is 9.45. The molecule has 1 aromatic rings. The molecule has 88 valence electrons. The molecular formula is C12H17FN2S. The number of nitrogens with zero attached hydrogens (tertiary/aromatic N) is 1. The van der Waals surface area contributed by atoms with Gasteiger partial charge in [0.1, 0.15) is 11.6 Å². The summed E-state index contributed by atoms with van der Waals surface area (Å²) in [6.07, 6.45) is 8.34. The van der Waals surface area contributed by atoms with Crippen molar-refractivity contribution >= 4 is 17.6 Å². The van der Waals surface area contributed by atoms with Gasteiger partial charge >= 0.3 is 0 Å². The molecule has 1 aromatic heterocycles. The number of nitrogens with one attached hydrogen (secondary N) is 1. The fourth-order valence-electron chi connectivity index (χ4n) is 2.11. The summed E-state index contributed by atoms with van der Waals surface area (Å²) in [6.45, 7) is 0. The van der Waals surface area contributed by atoms with Gasteiger partial charge in [-0.2, -0.15) is 11.8 Å². The molecule has 1 aliphatic rings. The number of hydrogen-bond donors (Lipinski definition) is 1. The van der Waals surface area contributed by atoms with E-state index < -0.39 is 0 Å². The van der Waals surface area contributed by atoms with Crippen molar-refractivity contribution in [2.75, 3.05) is 11.6 Å². The fraction of sp³-hybridized carbons (Fsp3) is 0.583. The molecule has 2 rings (SSSR count). The molecule has 0 bridgehead atoms. The smallest absolute Gasteiger partial charge is 0.141 e. The highest BCUT2D eigenvalue weighted by atomic mass is 32.2. The third-order valence-electron chi connectivity index (χ3n) is 3.09. The van der Waals surface area contributed by atoms with Crippen molar-refractivity contribution in [1.82, 2.24) is 4.98 Å². The van der Waals surface area contributed by atoms with Crippen LogP contribution in [0.4, 0.5) is 10.2 Å². The SMILES string of the molecule is CSC1CCC(Nc2ccc(F)cn2)CC1. The van der Waals surface area contributed by atoms with Crippen molar-refractivity contribution in [3.8, 4) is 0 Å². The number of hydrogen-bond acceptors (Lipinski definition) is 3. The summed E-state index contributed by atoms with van der Waals surface area (Å²) in [5.41, 5.74) is 0. The first-order valence-electron chi connectivity index (χ1n) is 5.69. The average Bonchev–Trinajstić information content (AvgIpc) is 2.33. The molecule has 1 saturated carbocycles. The summed E-state index contributed by atoms with van der Waals surface area (Å²) in [6, 6.07) is 3.65. The molecule has 0 spiro atoms. The average molecular weight is 240 g/mol. The van der Waals surface area contributed by atoms with Gasteiger partial charge in [-0.3, -0.25) is 0 Å². The van der Waals surface area contributed by atoms with Crippen LogP contribution in [0.2, 0.25) is 0 Å². The lowest BCUT2D eigenvalue weighted by molar-refractivity contribution is 0.472. The van der Waals surface area contributed by atoms with Gasteiger partial charge in [0, 0.05) is 11.3 Å². The van der Waals surface area contributed by atoms with E-state index in [1.165, 1.54) is 37.9 Å². The summed E-state index contributed by atoms with van der Waals surface area (Å²) in [7, 11) is 0. The number of thioether (sulfide) groups is 1. The molecule has 1 fully saturated rings. The van der Waals surface area contributed by atoms with Crippen molar-refractivity contribution < 1.29 is 4.39 Å². The Hall–Kier alpha value is -0.770. The summed E-state index contributed by atoms with van der Waals surface area (Å²) >= 11 is 1.96. The van der Waals surface area contributed by atoms with Gasteiger partial charge in [0.2, 0.25) is 0 Å². The first kappa shape index (κ1) is 11.7. The zero-order valence-corrected chi connectivity index (χ0v) is 10.3. The van der Waals surface area contributed by atoms with Crippen LogP contribution in [-0.4, -0.2) is 22.5 Å². The van der Waals surface area contributed by atoms with Crippen LogP contribution < -0.4 is 5.32 Å². The van der Waals surface area contributed by atoms with Gasteiger partial charge in [0.05, 0.1) is 6.20 Å². The minimum atomic E-state index is -0.281. The van der Waals surface area contributed by atoms with Gasteiger partial charge in [-0.05, 0) is 44.1 Å². The van der Waals surface area contributed by atoms with Crippen LogP contribution in [0.15, 0.2) is 18.3 Å². The Bertz CT molecular complexity index is 320. The molecule has 1 aliphatic carbocycles. The van der Waals surface area contributed by atoms with Crippen molar-refractivity contribution in [2.45, 2.75) is 37.0 Å². The van der Waals surface area contributed by atoms with E-state index >= 15 is 0 Å². The third kappa shape index (κ3) is 3.11. The van der Waals surface area contributed by atoms with E-state index in [4.69, 9.17) is 0 Å². The normalized spacial score (nSPS) is 25.4. The Balaban J connectivity index is 1.84. The molecule has 0 aliphatic heterocycles. The van der Waals surface area contributed by atoms with Crippen LogP contribution in [0.25, 0.3) is 0 Å². The first-order valence-corrected chi connectivity index (χ1v) is 6.97. The summed E-state index contributed by atoms with van der Waals surface area (Å²) < 4.78 is 12.7. The van der Waals surface area contributed by atoms with Crippen LogP contribution in [0.3, 0.4) is 0 Å². The van der Waals surface area contributed by atoms with E-state index in [-0.39, 0.29) is 5.82 Å². The van der Waals surface area contributed by atoms with Gasteiger partial charge in [0.15, 0.2) is 0 Å². The lowest BCUT2D eigenvalue weighted by Gasteiger charge is -2.28. The Labute approximate surface area is 100 Å². The largest absolute Gasteiger partial charge is 0.367 e. The van der Waals surface area contributed by atoms with E-state index in [1.807, 2.05) is 11.8 Å². The monoisotopic (exact) mass is 240 g/mol. The molecule has 4 heteroatoms. The van der Waals surface area contributed by atoms with E-state index in [0.29, 0.717) is 6.04 Å². The molecule has 0 saturated heterocycles. The van der Waals surface area contributed by atoms with Crippen LogP contribution >= 0.6 is 11.8 Å². The van der Waals surface area contributed by atoms with Crippen LogP contribution in [0.5, 0.6) is 0 Å². The number of pyridine rings is 1. The van der Waals surface area contributed by atoms with Gasteiger partial charge in [-0.1, -0.05) is 0 Å². The Morgan fingerprint density at radius 2 is 2.06 bits per heavy atom. The lowest BCUT2D eigenvalue weighted by atomic mass is 9.95. The Morgan fingerprint density at radius 1 is 1.31 bits per heavy atom. The molecular weight excluding hydrogens is 223 g/mol. The molecule has 0 unspecified atom stereocenters. The van der Waals surface area contributed by atoms with Crippen molar-refractivity contribution in [2.24, 2.45) is 0 Å². The minimum Gasteiger partial charge on any atom is -0.367 e. The zero-order chi connectivity index (χ0) is 11.4. The second-order valence-electron chi connectivity index (χ2n) is 4.22. The number of halogens is 1. The molecule has 0 amide bonds. The predicted octanol–water partition coefficient (Wildman–Crippen LogP) is 3.31. The Kier molecular flexibility index (Phi) is 4.04. The molecule has 2 nitrogen and oxygen atoms in total. The molecule has 1 heterocycles.